The number of amides is 1. The minimum absolute atomic E-state index is 0.0215. The number of benzene rings is 1. The Kier molecular flexibility index (Phi) is 6.54. The van der Waals surface area contributed by atoms with E-state index in [2.05, 4.69) is 12.1 Å². The van der Waals surface area contributed by atoms with Gasteiger partial charge in [-0.3, -0.25) is 4.79 Å². The number of hydrogen-bond acceptors (Lipinski definition) is 4. The molecule has 1 aliphatic heterocycles. The van der Waals surface area contributed by atoms with E-state index in [4.69, 9.17) is 15.2 Å². The van der Waals surface area contributed by atoms with E-state index in [-0.39, 0.29) is 24.1 Å². The van der Waals surface area contributed by atoms with Gasteiger partial charge in [-0.25, -0.2) is 0 Å². The molecule has 1 saturated carbocycles. The molecule has 2 N–H and O–H groups in total. The van der Waals surface area contributed by atoms with Crippen LogP contribution in [-0.4, -0.2) is 49.3 Å². The third-order valence-corrected chi connectivity index (χ3v) is 5.99. The van der Waals surface area contributed by atoms with E-state index in [1.165, 1.54) is 5.56 Å². The number of carbonyl (C=O) groups excluding carboxylic acids is 1. The maximum absolute atomic E-state index is 11.9. The molecule has 0 unspecified atom stereocenters. The van der Waals surface area contributed by atoms with Crippen LogP contribution in [0.5, 0.6) is 5.75 Å². The van der Waals surface area contributed by atoms with Gasteiger partial charge in [-0.15, -0.1) is 0 Å². The SMILES string of the molecule is COc1ccccc1[C@H]1CC[C@@H](OC[C@H]2[C@@H](N)CCCN2C(C)=O)CC1. The van der Waals surface area contributed by atoms with Crippen molar-refractivity contribution >= 4 is 5.91 Å². The Hall–Kier alpha value is -1.59. The summed E-state index contributed by atoms with van der Waals surface area (Å²) in [6.07, 6.45) is 6.54. The van der Waals surface area contributed by atoms with Crippen molar-refractivity contribution in [2.45, 2.75) is 69.6 Å². The van der Waals surface area contributed by atoms with Crippen LogP contribution in [0, 0.1) is 0 Å². The summed E-state index contributed by atoms with van der Waals surface area (Å²) in [7, 11) is 1.74. The number of ether oxygens (including phenoxy) is 2. The third kappa shape index (κ3) is 4.38. The summed E-state index contributed by atoms with van der Waals surface area (Å²) in [4.78, 5) is 13.8. The lowest BCUT2D eigenvalue weighted by Gasteiger charge is -2.40. The smallest absolute Gasteiger partial charge is 0.219 e. The predicted molar refractivity (Wildman–Crippen MR) is 102 cm³/mol. The Bertz CT molecular complexity index is 599. The second-order valence-corrected chi connectivity index (χ2v) is 7.63. The number of likely N-dealkylation sites (tertiary alicyclic amines) is 1. The predicted octanol–water partition coefficient (Wildman–Crippen LogP) is 3.08. The van der Waals surface area contributed by atoms with Gasteiger partial charge in [-0.05, 0) is 56.1 Å². The molecule has 0 aromatic heterocycles. The summed E-state index contributed by atoms with van der Waals surface area (Å²) < 4.78 is 11.7. The molecule has 0 radical (unpaired) electrons. The highest BCUT2D eigenvalue weighted by Crippen LogP contribution is 2.38. The average molecular weight is 360 g/mol. The molecule has 3 rings (SSSR count). The molecule has 5 heteroatoms. The van der Waals surface area contributed by atoms with E-state index in [0.29, 0.717) is 12.5 Å². The maximum atomic E-state index is 11.9. The van der Waals surface area contributed by atoms with Crippen LogP contribution in [-0.2, 0) is 9.53 Å². The summed E-state index contributed by atoms with van der Waals surface area (Å²) in [5, 5.41) is 0. The van der Waals surface area contributed by atoms with Gasteiger partial charge in [0.15, 0.2) is 0 Å². The second kappa shape index (κ2) is 8.87. The molecule has 26 heavy (non-hydrogen) atoms. The van der Waals surface area contributed by atoms with Crippen LogP contribution in [0.3, 0.4) is 0 Å². The first-order chi connectivity index (χ1) is 12.6. The van der Waals surface area contributed by atoms with Crippen LogP contribution >= 0.6 is 0 Å². The van der Waals surface area contributed by atoms with E-state index in [0.717, 1.165) is 50.8 Å². The summed E-state index contributed by atoms with van der Waals surface area (Å²) in [5.74, 6) is 1.63. The largest absolute Gasteiger partial charge is 0.496 e. The summed E-state index contributed by atoms with van der Waals surface area (Å²) in [6.45, 7) is 2.99. The molecule has 0 bridgehead atoms. The first kappa shape index (κ1) is 19.2. The van der Waals surface area contributed by atoms with Gasteiger partial charge in [0.1, 0.15) is 5.75 Å². The van der Waals surface area contributed by atoms with Crippen molar-refractivity contribution in [2.75, 3.05) is 20.3 Å². The zero-order valence-electron chi connectivity index (χ0n) is 16.0. The fourth-order valence-corrected chi connectivity index (χ4v) is 4.47. The Balaban J connectivity index is 1.51. The minimum atomic E-state index is 0.0215. The number of piperidine rings is 1. The van der Waals surface area contributed by atoms with Gasteiger partial charge in [-0.2, -0.15) is 0 Å². The van der Waals surface area contributed by atoms with Crippen molar-refractivity contribution < 1.29 is 14.3 Å². The van der Waals surface area contributed by atoms with Gasteiger partial charge in [0.05, 0.1) is 25.9 Å². The molecule has 2 atom stereocenters. The number of carbonyl (C=O) groups is 1. The Morgan fingerprint density at radius 1 is 1.19 bits per heavy atom. The van der Waals surface area contributed by atoms with E-state index >= 15 is 0 Å². The van der Waals surface area contributed by atoms with E-state index in [1.54, 1.807) is 14.0 Å². The van der Waals surface area contributed by atoms with Crippen molar-refractivity contribution in [1.29, 1.82) is 0 Å². The molecule has 144 valence electrons. The number of methoxy groups -OCH3 is 1. The standard InChI is InChI=1S/C21H32N2O3/c1-15(24)23-13-5-7-19(22)20(23)14-26-17-11-9-16(10-12-17)18-6-3-4-8-21(18)25-2/h3-4,6,8,16-17,19-20H,5,7,9-14,22H2,1-2H3/t16-,17+,19-,20-/m0/s1. The maximum Gasteiger partial charge on any atom is 0.219 e. The first-order valence-corrected chi connectivity index (χ1v) is 9.87. The molecule has 1 saturated heterocycles. The van der Waals surface area contributed by atoms with E-state index in [1.807, 2.05) is 17.0 Å². The van der Waals surface area contributed by atoms with Crippen molar-refractivity contribution in [3.05, 3.63) is 29.8 Å². The van der Waals surface area contributed by atoms with Gasteiger partial charge in [0.2, 0.25) is 5.91 Å². The third-order valence-electron chi connectivity index (χ3n) is 5.99. The first-order valence-electron chi connectivity index (χ1n) is 9.87. The van der Waals surface area contributed by atoms with Gasteiger partial charge in [-0.1, -0.05) is 18.2 Å². The molecular weight excluding hydrogens is 328 g/mol. The number of nitrogens with zero attached hydrogens (tertiary/aromatic N) is 1. The van der Waals surface area contributed by atoms with Crippen LogP contribution in [0.2, 0.25) is 0 Å². The zero-order chi connectivity index (χ0) is 18.5. The number of para-hydroxylation sites is 1. The summed E-state index contributed by atoms with van der Waals surface area (Å²) in [6, 6.07) is 8.37. The Morgan fingerprint density at radius 3 is 2.62 bits per heavy atom. The molecule has 1 aromatic rings. The highest BCUT2D eigenvalue weighted by atomic mass is 16.5. The number of nitrogens with two attached hydrogens (primary N) is 1. The van der Waals surface area contributed by atoms with Crippen LogP contribution < -0.4 is 10.5 Å². The Morgan fingerprint density at radius 2 is 1.92 bits per heavy atom. The van der Waals surface area contributed by atoms with Gasteiger partial charge in [0, 0.05) is 19.5 Å². The van der Waals surface area contributed by atoms with E-state index < -0.39 is 0 Å². The fourth-order valence-electron chi connectivity index (χ4n) is 4.47. The summed E-state index contributed by atoms with van der Waals surface area (Å²) in [5.41, 5.74) is 7.58. The molecular formula is C21H32N2O3. The highest BCUT2D eigenvalue weighted by molar-refractivity contribution is 5.73. The topological polar surface area (TPSA) is 64.8 Å². The summed E-state index contributed by atoms with van der Waals surface area (Å²) >= 11 is 0. The second-order valence-electron chi connectivity index (χ2n) is 7.63. The molecule has 1 heterocycles. The zero-order valence-corrected chi connectivity index (χ0v) is 16.0. The molecule has 5 nitrogen and oxygen atoms in total. The Labute approximate surface area is 156 Å². The van der Waals surface area contributed by atoms with Crippen LogP contribution in [0.1, 0.15) is 56.9 Å². The van der Waals surface area contributed by atoms with Crippen LogP contribution in [0.4, 0.5) is 0 Å². The lowest BCUT2D eigenvalue weighted by molar-refractivity contribution is -0.135. The average Bonchev–Trinajstić information content (AvgIpc) is 2.67. The lowest BCUT2D eigenvalue weighted by Crippen LogP contribution is -2.56. The monoisotopic (exact) mass is 360 g/mol. The molecule has 1 aromatic carbocycles. The molecule has 1 aliphatic carbocycles. The number of rotatable bonds is 5. The van der Waals surface area contributed by atoms with Gasteiger partial charge < -0.3 is 20.1 Å². The van der Waals surface area contributed by atoms with Crippen molar-refractivity contribution in [3.63, 3.8) is 0 Å². The van der Waals surface area contributed by atoms with Gasteiger partial charge >= 0.3 is 0 Å². The quantitative estimate of drug-likeness (QED) is 0.876. The molecule has 1 amide bonds. The minimum Gasteiger partial charge on any atom is -0.496 e. The van der Waals surface area contributed by atoms with E-state index in [9.17, 15) is 4.79 Å². The van der Waals surface area contributed by atoms with Crippen LogP contribution in [0.15, 0.2) is 24.3 Å². The molecule has 2 aliphatic rings. The number of hydrogen-bond donors (Lipinski definition) is 1. The normalized spacial score (nSPS) is 29.4. The van der Waals surface area contributed by atoms with Crippen LogP contribution in [0.25, 0.3) is 0 Å². The van der Waals surface area contributed by atoms with Gasteiger partial charge in [0.25, 0.3) is 0 Å². The fraction of sp³-hybridized carbons (Fsp3) is 0.667. The molecule has 0 spiro atoms. The highest BCUT2D eigenvalue weighted by Gasteiger charge is 2.32. The van der Waals surface area contributed by atoms with Crippen molar-refractivity contribution in [2.24, 2.45) is 5.73 Å². The lowest BCUT2D eigenvalue weighted by atomic mass is 9.82. The molecule has 2 fully saturated rings. The van der Waals surface area contributed by atoms with Crippen molar-refractivity contribution in [1.82, 2.24) is 4.90 Å². The van der Waals surface area contributed by atoms with Crippen molar-refractivity contribution in [3.8, 4) is 5.75 Å².